The predicted molar refractivity (Wildman–Crippen MR) is 74.0 cm³/mol. The fraction of sp³-hybridized carbons (Fsp3) is 0. The summed E-state index contributed by atoms with van der Waals surface area (Å²) in [4.78, 5) is 4.50. The molecule has 0 unspecified atom stereocenters. The molecule has 0 spiro atoms. The van der Waals surface area contributed by atoms with Crippen LogP contribution in [-0.2, 0) is 4.76 Å². The molecular formula is C13H10BClN2O. The average Bonchev–Trinajstić information content (AvgIpc) is 2.90. The molecule has 18 heavy (non-hydrogen) atoms. The number of hydrogen-bond donors (Lipinski definition) is 1. The van der Waals surface area contributed by atoms with Crippen LogP contribution in [0, 0.1) is 0 Å². The predicted octanol–water partition coefficient (Wildman–Crippen LogP) is 2.02. The summed E-state index contributed by atoms with van der Waals surface area (Å²) in [6.07, 6.45) is 0. The topological polar surface area (TPSA) is 33.6 Å². The van der Waals surface area contributed by atoms with Gasteiger partial charge in [-0.1, -0.05) is 54.1 Å². The highest BCUT2D eigenvalue weighted by Crippen LogP contribution is 2.08. The summed E-state index contributed by atoms with van der Waals surface area (Å²) in [5, 5.41) is 0.706. The van der Waals surface area contributed by atoms with Gasteiger partial charge in [0, 0.05) is 10.6 Å². The number of rotatable bonds is 2. The van der Waals surface area contributed by atoms with Crippen LogP contribution in [0.25, 0.3) is 0 Å². The molecule has 0 radical (unpaired) electrons. The fourth-order valence-electron chi connectivity index (χ4n) is 1.78. The van der Waals surface area contributed by atoms with E-state index in [1.54, 1.807) is 0 Å². The zero-order valence-electron chi connectivity index (χ0n) is 9.51. The molecule has 1 N–H and O–H groups in total. The van der Waals surface area contributed by atoms with Gasteiger partial charge in [-0.25, -0.2) is 0 Å². The third-order valence-corrected chi connectivity index (χ3v) is 2.97. The van der Waals surface area contributed by atoms with Gasteiger partial charge in [0.05, 0.1) is 0 Å². The molecule has 0 fully saturated rings. The lowest BCUT2D eigenvalue weighted by Crippen LogP contribution is -2.31. The molecule has 0 aliphatic carbocycles. The van der Waals surface area contributed by atoms with Crippen molar-refractivity contribution in [2.75, 3.05) is 0 Å². The van der Waals surface area contributed by atoms with Crippen molar-refractivity contribution in [3.05, 3.63) is 65.2 Å². The molecule has 5 heteroatoms. The second-order valence-corrected chi connectivity index (χ2v) is 4.40. The molecule has 1 aliphatic rings. The molecule has 0 atom stereocenters. The van der Waals surface area contributed by atoms with E-state index < -0.39 is 0 Å². The molecule has 0 amide bonds. The third-order valence-electron chi connectivity index (χ3n) is 2.72. The van der Waals surface area contributed by atoms with Crippen molar-refractivity contribution in [1.29, 1.82) is 0 Å². The first-order valence-electron chi connectivity index (χ1n) is 5.63. The normalized spacial score (nSPS) is 14.3. The number of amidine groups is 1. The quantitative estimate of drug-likeness (QED) is 0.834. The summed E-state index contributed by atoms with van der Waals surface area (Å²) in [7, 11) is -0.322. The van der Waals surface area contributed by atoms with Crippen molar-refractivity contribution >= 4 is 29.9 Å². The largest absolute Gasteiger partial charge is 0.496 e. The zero-order valence-corrected chi connectivity index (χ0v) is 10.3. The van der Waals surface area contributed by atoms with Gasteiger partial charge in [-0.2, -0.15) is 0 Å². The molecule has 3 nitrogen and oxygen atoms in total. The van der Waals surface area contributed by atoms with Crippen LogP contribution < -0.4 is 10.9 Å². The average molecular weight is 257 g/mol. The Morgan fingerprint density at radius 1 is 1.00 bits per heavy atom. The standard InChI is InChI=1S/C13H10BClN2O/c15-12-8-6-11(7-9-12)14-16-13(17-18-14)10-4-2-1-3-5-10/h1-9H,(H,16,17). The SMILES string of the molecule is Clc1ccc(B2N=C(c3ccccc3)NO2)cc1. The molecule has 88 valence electrons. The molecular weight excluding hydrogens is 246 g/mol. The van der Waals surface area contributed by atoms with E-state index in [-0.39, 0.29) is 7.05 Å². The van der Waals surface area contributed by atoms with Crippen LogP contribution in [0.15, 0.2) is 59.5 Å². The lowest BCUT2D eigenvalue weighted by molar-refractivity contribution is 0.284. The molecule has 1 aliphatic heterocycles. The summed E-state index contributed by atoms with van der Waals surface area (Å²) in [6, 6.07) is 17.4. The van der Waals surface area contributed by atoms with Crippen molar-refractivity contribution in [2.24, 2.45) is 4.90 Å². The first kappa shape index (κ1) is 11.3. The summed E-state index contributed by atoms with van der Waals surface area (Å²) in [6.45, 7) is 0. The molecule has 0 saturated heterocycles. The molecule has 2 aromatic rings. The number of halogens is 1. The number of hydroxylamine groups is 1. The molecule has 0 aromatic heterocycles. The molecule has 0 bridgehead atoms. The second-order valence-electron chi connectivity index (χ2n) is 3.97. The van der Waals surface area contributed by atoms with E-state index >= 15 is 0 Å². The summed E-state index contributed by atoms with van der Waals surface area (Å²) in [5.74, 6) is 0.746. The van der Waals surface area contributed by atoms with Gasteiger partial charge >= 0.3 is 7.05 Å². The van der Waals surface area contributed by atoms with Gasteiger partial charge in [0.25, 0.3) is 0 Å². The van der Waals surface area contributed by atoms with Crippen molar-refractivity contribution < 1.29 is 4.76 Å². The number of benzene rings is 2. The Hall–Kier alpha value is -1.78. The number of nitrogens with zero attached hydrogens (tertiary/aromatic N) is 1. The zero-order chi connectivity index (χ0) is 12.4. The fourth-order valence-corrected chi connectivity index (χ4v) is 1.91. The van der Waals surface area contributed by atoms with Gasteiger partial charge < -0.3 is 0 Å². The minimum atomic E-state index is -0.322. The van der Waals surface area contributed by atoms with E-state index in [9.17, 15) is 0 Å². The van der Waals surface area contributed by atoms with Crippen LogP contribution in [0.4, 0.5) is 0 Å². The summed E-state index contributed by atoms with van der Waals surface area (Å²) < 4.78 is 5.45. The van der Waals surface area contributed by atoms with Crippen LogP contribution >= 0.6 is 11.6 Å². The van der Waals surface area contributed by atoms with E-state index in [1.165, 1.54) is 0 Å². The number of hydrogen-bond acceptors (Lipinski definition) is 3. The minimum Gasteiger partial charge on any atom is -0.300 e. The highest BCUT2D eigenvalue weighted by Gasteiger charge is 2.26. The van der Waals surface area contributed by atoms with Gasteiger partial charge in [0.2, 0.25) is 0 Å². The van der Waals surface area contributed by atoms with Crippen LogP contribution in [-0.4, -0.2) is 12.9 Å². The number of nitrogens with one attached hydrogen (secondary N) is 1. The van der Waals surface area contributed by atoms with Gasteiger partial charge in [0.1, 0.15) is 5.84 Å². The Labute approximate surface area is 111 Å². The van der Waals surface area contributed by atoms with Crippen molar-refractivity contribution in [3.63, 3.8) is 0 Å². The lowest BCUT2D eigenvalue weighted by Gasteiger charge is -2.02. The first-order chi connectivity index (χ1) is 8.83. The highest BCUT2D eigenvalue weighted by molar-refractivity contribution is 6.68. The van der Waals surface area contributed by atoms with E-state index in [2.05, 4.69) is 10.4 Å². The van der Waals surface area contributed by atoms with Crippen molar-refractivity contribution in [3.8, 4) is 0 Å². The van der Waals surface area contributed by atoms with Gasteiger partial charge in [-0.05, 0) is 17.6 Å². The van der Waals surface area contributed by atoms with Crippen molar-refractivity contribution in [1.82, 2.24) is 5.48 Å². The van der Waals surface area contributed by atoms with Crippen LogP contribution in [0.3, 0.4) is 0 Å². The Bertz CT molecular complexity index is 571. The second kappa shape index (κ2) is 4.84. The van der Waals surface area contributed by atoms with Gasteiger partial charge in [0.15, 0.2) is 0 Å². The minimum absolute atomic E-state index is 0.322. The van der Waals surface area contributed by atoms with E-state index in [4.69, 9.17) is 16.4 Å². The summed E-state index contributed by atoms with van der Waals surface area (Å²) >= 11 is 5.85. The maximum atomic E-state index is 5.85. The molecule has 3 rings (SSSR count). The maximum Gasteiger partial charge on any atom is 0.496 e. The maximum absolute atomic E-state index is 5.85. The Balaban J connectivity index is 1.85. The van der Waals surface area contributed by atoms with Crippen LogP contribution in [0.1, 0.15) is 5.56 Å². The third kappa shape index (κ3) is 2.25. The van der Waals surface area contributed by atoms with Crippen LogP contribution in [0.2, 0.25) is 5.02 Å². The Kier molecular flexibility index (Phi) is 3.05. The Morgan fingerprint density at radius 2 is 1.72 bits per heavy atom. The smallest absolute Gasteiger partial charge is 0.300 e. The molecule has 2 aromatic carbocycles. The molecule has 1 heterocycles. The molecule has 0 saturated carbocycles. The first-order valence-corrected chi connectivity index (χ1v) is 6.01. The van der Waals surface area contributed by atoms with Gasteiger partial charge in [-0.15, -0.1) is 0 Å². The van der Waals surface area contributed by atoms with Crippen LogP contribution in [0.5, 0.6) is 0 Å². The van der Waals surface area contributed by atoms with E-state index in [0.29, 0.717) is 5.02 Å². The highest BCUT2D eigenvalue weighted by atomic mass is 35.5. The van der Waals surface area contributed by atoms with Crippen molar-refractivity contribution in [2.45, 2.75) is 0 Å². The monoisotopic (exact) mass is 256 g/mol. The summed E-state index contributed by atoms with van der Waals surface area (Å²) in [5.41, 5.74) is 4.83. The Morgan fingerprint density at radius 3 is 2.44 bits per heavy atom. The lowest BCUT2D eigenvalue weighted by atomic mass is 9.75. The van der Waals surface area contributed by atoms with E-state index in [0.717, 1.165) is 16.9 Å². The van der Waals surface area contributed by atoms with Gasteiger partial charge in [-0.3, -0.25) is 15.1 Å². The van der Waals surface area contributed by atoms with E-state index in [1.807, 2.05) is 54.6 Å².